The van der Waals surface area contributed by atoms with E-state index in [4.69, 9.17) is 4.74 Å². The lowest BCUT2D eigenvalue weighted by atomic mass is 10.2. The summed E-state index contributed by atoms with van der Waals surface area (Å²) in [6, 6.07) is 15.3. The first-order valence-electron chi connectivity index (χ1n) is 8.77. The zero-order valence-corrected chi connectivity index (χ0v) is 16.3. The number of hydrogen-bond acceptors (Lipinski definition) is 6. The van der Waals surface area contributed by atoms with Crippen LogP contribution in [-0.2, 0) is 11.3 Å². The third-order valence-electron chi connectivity index (χ3n) is 4.13. The Morgan fingerprint density at radius 3 is 2.64 bits per heavy atom. The van der Waals surface area contributed by atoms with Crippen molar-refractivity contribution in [2.75, 3.05) is 0 Å². The third-order valence-corrected chi connectivity index (χ3v) is 5.07. The Kier molecular flexibility index (Phi) is 4.99. The van der Waals surface area contributed by atoms with Crippen LogP contribution >= 0.6 is 11.3 Å². The van der Waals surface area contributed by atoms with Crippen LogP contribution in [0, 0.1) is 13.8 Å². The normalized spacial score (nSPS) is 10.8. The SMILES string of the molecule is Cc1cc(C)n(-c2ccc(C(=O)OCc3csc(-c4ccccc4)n3)cn2)n1. The molecule has 0 bridgehead atoms. The molecule has 0 N–H and O–H groups in total. The average Bonchev–Trinajstić information content (AvgIpc) is 3.33. The number of thiazole rings is 1. The lowest BCUT2D eigenvalue weighted by Crippen LogP contribution is -2.08. The number of pyridine rings is 1. The van der Waals surface area contributed by atoms with Gasteiger partial charge in [-0.15, -0.1) is 11.3 Å². The topological polar surface area (TPSA) is 69.9 Å². The van der Waals surface area contributed by atoms with Crippen LogP contribution in [0.1, 0.15) is 27.4 Å². The first kappa shape index (κ1) is 18.1. The van der Waals surface area contributed by atoms with Crippen molar-refractivity contribution in [2.24, 2.45) is 0 Å². The van der Waals surface area contributed by atoms with Gasteiger partial charge in [-0.25, -0.2) is 19.4 Å². The lowest BCUT2D eigenvalue weighted by molar-refractivity contribution is 0.0468. The Morgan fingerprint density at radius 2 is 1.96 bits per heavy atom. The largest absolute Gasteiger partial charge is 0.456 e. The van der Waals surface area contributed by atoms with Gasteiger partial charge in [0.1, 0.15) is 11.6 Å². The van der Waals surface area contributed by atoms with Crippen molar-refractivity contribution in [2.45, 2.75) is 20.5 Å². The molecule has 28 heavy (non-hydrogen) atoms. The van der Waals surface area contributed by atoms with Crippen molar-refractivity contribution < 1.29 is 9.53 Å². The van der Waals surface area contributed by atoms with Gasteiger partial charge in [-0.3, -0.25) is 0 Å². The van der Waals surface area contributed by atoms with Gasteiger partial charge in [-0.2, -0.15) is 5.10 Å². The van der Waals surface area contributed by atoms with Crippen LogP contribution in [0.3, 0.4) is 0 Å². The summed E-state index contributed by atoms with van der Waals surface area (Å²) in [4.78, 5) is 21.2. The maximum atomic E-state index is 12.3. The summed E-state index contributed by atoms with van der Waals surface area (Å²) in [5.41, 5.74) is 4.07. The molecule has 0 spiro atoms. The molecule has 0 saturated heterocycles. The second-order valence-corrected chi connectivity index (χ2v) is 7.19. The van der Waals surface area contributed by atoms with Crippen molar-refractivity contribution in [3.8, 4) is 16.4 Å². The summed E-state index contributed by atoms with van der Waals surface area (Å²) in [5.74, 6) is 0.232. The molecule has 3 aromatic heterocycles. The zero-order valence-electron chi connectivity index (χ0n) is 15.5. The second-order valence-electron chi connectivity index (χ2n) is 6.33. The highest BCUT2D eigenvalue weighted by Gasteiger charge is 2.12. The summed E-state index contributed by atoms with van der Waals surface area (Å²) in [6.07, 6.45) is 1.50. The Hall–Kier alpha value is -3.32. The predicted octanol–water partition coefficient (Wildman–Crippen LogP) is 4.36. The van der Waals surface area contributed by atoms with E-state index in [1.54, 1.807) is 16.8 Å². The molecule has 0 unspecified atom stereocenters. The molecular formula is C21H18N4O2S. The van der Waals surface area contributed by atoms with Crippen molar-refractivity contribution in [3.63, 3.8) is 0 Å². The summed E-state index contributed by atoms with van der Waals surface area (Å²) in [5, 5.41) is 7.20. The van der Waals surface area contributed by atoms with E-state index in [1.807, 2.05) is 55.6 Å². The molecule has 6 nitrogen and oxygen atoms in total. The lowest BCUT2D eigenvalue weighted by Gasteiger charge is -2.05. The van der Waals surface area contributed by atoms with E-state index in [0.717, 1.165) is 27.7 Å². The number of esters is 1. The highest BCUT2D eigenvalue weighted by atomic mass is 32.1. The number of rotatable bonds is 5. The highest BCUT2D eigenvalue weighted by Crippen LogP contribution is 2.23. The number of carbonyl (C=O) groups excluding carboxylic acids is 1. The van der Waals surface area contributed by atoms with Crippen LogP contribution < -0.4 is 0 Å². The first-order chi connectivity index (χ1) is 13.6. The minimum absolute atomic E-state index is 0.126. The van der Waals surface area contributed by atoms with E-state index in [1.165, 1.54) is 17.5 Å². The fraction of sp³-hybridized carbons (Fsp3) is 0.143. The third kappa shape index (κ3) is 3.84. The molecule has 3 heterocycles. The van der Waals surface area contributed by atoms with E-state index in [2.05, 4.69) is 15.1 Å². The Bertz CT molecular complexity index is 1100. The minimum Gasteiger partial charge on any atom is -0.456 e. The van der Waals surface area contributed by atoms with Crippen LogP contribution in [0.5, 0.6) is 0 Å². The molecular weight excluding hydrogens is 372 g/mol. The molecule has 0 atom stereocenters. The monoisotopic (exact) mass is 390 g/mol. The second kappa shape index (κ2) is 7.74. The maximum absolute atomic E-state index is 12.3. The van der Waals surface area contributed by atoms with Gasteiger partial charge in [0, 0.05) is 22.8 Å². The number of hydrogen-bond donors (Lipinski definition) is 0. The Morgan fingerprint density at radius 1 is 1.14 bits per heavy atom. The molecule has 4 rings (SSSR count). The van der Waals surface area contributed by atoms with Crippen molar-refractivity contribution in [1.82, 2.24) is 19.7 Å². The van der Waals surface area contributed by atoms with Gasteiger partial charge in [-0.1, -0.05) is 30.3 Å². The predicted molar refractivity (Wildman–Crippen MR) is 108 cm³/mol. The minimum atomic E-state index is -0.429. The number of ether oxygens (including phenoxy) is 1. The smallest absolute Gasteiger partial charge is 0.340 e. The van der Waals surface area contributed by atoms with Gasteiger partial charge in [0.05, 0.1) is 17.0 Å². The Balaban J connectivity index is 1.40. The van der Waals surface area contributed by atoms with Gasteiger partial charge in [0.25, 0.3) is 0 Å². The van der Waals surface area contributed by atoms with Crippen LogP contribution in [0.25, 0.3) is 16.4 Å². The number of aromatic nitrogens is 4. The molecule has 0 fully saturated rings. The van der Waals surface area contributed by atoms with Crippen LogP contribution in [0.15, 0.2) is 60.1 Å². The van der Waals surface area contributed by atoms with Crippen molar-refractivity contribution in [3.05, 3.63) is 82.8 Å². The summed E-state index contributed by atoms with van der Waals surface area (Å²) < 4.78 is 7.12. The molecule has 0 aliphatic heterocycles. The molecule has 0 amide bonds. The number of nitrogens with zero attached hydrogens (tertiary/aromatic N) is 4. The summed E-state index contributed by atoms with van der Waals surface area (Å²) in [7, 11) is 0. The average molecular weight is 390 g/mol. The first-order valence-corrected chi connectivity index (χ1v) is 9.65. The van der Waals surface area contributed by atoms with Gasteiger partial charge >= 0.3 is 5.97 Å². The van der Waals surface area contributed by atoms with Crippen molar-refractivity contribution >= 4 is 17.3 Å². The molecule has 7 heteroatoms. The van der Waals surface area contributed by atoms with Gasteiger partial charge in [0.2, 0.25) is 0 Å². The van der Waals surface area contributed by atoms with E-state index in [-0.39, 0.29) is 6.61 Å². The van der Waals surface area contributed by atoms with Gasteiger partial charge in [-0.05, 0) is 32.0 Å². The molecule has 140 valence electrons. The van der Waals surface area contributed by atoms with Crippen LogP contribution in [-0.4, -0.2) is 25.7 Å². The Labute approximate surface area is 166 Å². The maximum Gasteiger partial charge on any atom is 0.340 e. The zero-order chi connectivity index (χ0) is 19.5. The molecule has 0 radical (unpaired) electrons. The van der Waals surface area contributed by atoms with Crippen LogP contribution in [0.2, 0.25) is 0 Å². The summed E-state index contributed by atoms with van der Waals surface area (Å²) >= 11 is 1.53. The highest BCUT2D eigenvalue weighted by molar-refractivity contribution is 7.13. The van der Waals surface area contributed by atoms with Crippen LogP contribution in [0.4, 0.5) is 0 Å². The van der Waals surface area contributed by atoms with Gasteiger partial charge in [0.15, 0.2) is 5.82 Å². The molecule has 0 aliphatic carbocycles. The quantitative estimate of drug-likeness (QED) is 0.474. The standard InChI is InChI=1S/C21H18N4O2S/c1-14-10-15(2)25(24-14)19-9-8-17(11-22-19)21(26)27-12-18-13-28-20(23-18)16-6-4-3-5-7-16/h3-11,13H,12H2,1-2H3. The van der Waals surface area contributed by atoms with E-state index in [0.29, 0.717) is 11.4 Å². The fourth-order valence-electron chi connectivity index (χ4n) is 2.80. The van der Waals surface area contributed by atoms with Gasteiger partial charge < -0.3 is 4.74 Å². The van der Waals surface area contributed by atoms with E-state index >= 15 is 0 Å². The number of benzene rings is 1. The van der Waals surface area contributed by atoms with E-state index < -0.39 is 5.97 Å². The molecule has 0 aliphatic rings. The molecule has 4 aromatic rings. The molecule has 1 aromatic carbocycles. The summed E-state index contributed by atoms with van der Waals surface area (Å²) in [6.45, 7) is 4.01. The fourth-order valence-corrected chi connectivity index (χ4v) is 3.61. The van der Waals surface area contributed by atoms with Crippen molar-refractivity contribution in [1.29, 1.82) is 0 Å². The number of carbonyl (C=O) groups is 1. The number of aryl methyl sites for hydroxylation is 2. The van der Waals surface area contributed by atoms with E-state index in [9.17, 15) is 4.79 Å². The molecule has 0 saturated carbocycles.